The Hall–Kier alpha value is -1.10. The average Bonchev–Trinajstić information content (AvgIpc) is 2.89. The van der Waals surface area contributed by atoms with Crippen LogP contribution >= 0.6 is 11.3 Å². The van der Waals surface area contributed by atoms with Gasteiger partial charge in [0, 0.05) is 17.5 Å². The SMILES string of the molecule is CCOC(=O)c1nc(N2CCC[C@H]3CCCC[C@H]32)sc1C. The molecular formula is C16H24N2O2S. The first-order valence-electron chi connectivity index (χ1n) is 8.12. The van der Waals surface area contributed by atoms with Crippen LogP contribution in [-0.4, -0.2) is 30.1 Å². The predicted molar refractivity (Wildman–Crippen MR) is 85.1 cm³/mol. The van der Waals surface area contributed by atoms with Crippen LogP contribution in [0.3, 0.4) is 0 Å². The Morgan fingerprint density at radius 3 is 2.90 bits per heavy atom. The van der Waals surface area contributed by atoms with Crippen LogP contribution in [0.5, 0.6) is 0 Å². The Kier molecular flexibility index (Phi) is 4.48. The highest BCUT2D eigenvalue weighted by Crippen LogP contribution is 2.39. The molecule has 1 aromatic heterocycles. The van der Waals surface area contributed by atoms with E-state index in [1.165, 1.54) is 38.5 Å². The van der Waals surface area contributed by atoms with Gasteiger partial charge in [0.2, 0.25) is 0 Å². The Balaban J connectivity index is 1.82. The summed E-state index contributed by atoms with van der Waals surface area (Å²) in [6.45, 7) is 5.28. The second-order valence-corrected chi connectivity index (χ2v) is 7.25. The van der Waals surface area contributed by atoms with Gasteiger partial charge in [0.05, 0.1) is 6.61 Å². The van der Waals surface area contributed by atoms with Gasteiger partial charge in [-0.15, -0.1) is 11.3 Å². The summed E-state index contributed by atoms with van der Waals surface area (Å²) >= 11 is 1.64. The summed E-state index contributed by atoms with van der Waals surface area (Å²) < 4.78 is 5.10. The van der Waals surface area contributed by atoms with Gasteiger partial charge < -0.3 is 9.64 Å². The number of anilines is 1. The van der Waals surface area contributed by atoms with Crippen molar-refractivity contribution < 1.29 is 9.53 Å². The Morgan fingerprint density at radius 1 is 1.33 bits per heavy atom. The van der Waals surface area contributed by atoms with Crippen molar-refractivity contribution in [3.63, 3.8) is 0 Å². The Bertz CT molecular complexity index is 512. The third-order valence-corrected chi connectivity index (χ3v) is 5.75. The highest BCUT2D eigenvalue weighted by Gasteiger charge is 2.35. The maximum Gasteiger partial charge on any atom is 0.358 e. The smallest absolute Gasteiger partial charge is 0.358 e. The highest BCUT2D eigenvalue weighted by molar-refractivity contribution is 7.15. The molecule has 3 rings (SSSR count). The fourth-order valence-electron chi connectivity index (χ4n) is 3.76. The van der Waals surface area contributed by atoms with Gasteiger partial charge in [0.15, 0.2) is 10.8 Å². The second kappa shape index (κ2) is 6.34. The van der Waals surface area contributed by atoms with Crippen molar-refractivity contribution in [1.82, 2.24) is 4.98 Å². The molecule has 116 valence electrons. The van der Waals surface area contributed by atoms with E-state index in [9.17, 15) is 4.79 Å². The number of carbonyl (C=O) groups is 1. The van der Waals surface area contributed by atoms with Crippen molar-refractivity contribution in [3.05, 3.63) is 10.6 Å². The van der Waals surface area contributed by atoms with Crippen LogP contribution in [0.25, 0.3) is 0 Å². The quantitative estimate of drug-likeness (QED) is 0.797. The second-order valence-electron chi connectivity index (χ2n) is 6.07. The molecule has 4 nitrogen and oxygen atoms in total. The monoisotopic (exact) mass is 308 g/mol. The zero-order valence-electron chi connectivity index (χ0n) is 12.9. The number of fused-ring (bicyclic) bond motifs is 1. The van der Waals surface area contributed by atoms with Gasteiger partial charge in [-0.25, -0.2) is 9.78 Å². The van der Waals surface area contributed by atoms with E-state index in [2.05, 4.69) is 9.88 Å². The van der Waals surface area contributed by atoms with E-state index in [0.29, 0.717) is 18.3 Å². The van der Waals surface area contributed by atoms with Crippen LogP contribution in [0.15, 0.2) is 0 Å². The molecule has 0 N–H and O–H groups in total. The molecule has 5 heteroatoms. The Morgan fingerprint density at radius 2 is 2.10 bits per heavy atom. The topological polar surface area (TPSA) is 42.4 Å². The number of hydrogen-bond donors (Lipinski definition) is 0. The summed E-state index contributed by atoms with van der Waals surface area (Å²) in [4.78, 5) is 20.0. The molecule has 2 aliphatic rings. The maximum atomic E-state index is 11.9. The van der Waals surface area contributed by atoms with Crippen molar-refractivity contribution in [2.75, 3.05) is 18.1 Å². The van der Waals surface area contributed by atoms with Gasteiger partial charge in [-0.05, 0) is 45.4 Å². The van der Waals surface area contributed by atoms with Crippen LogP contribution in [0.1, 0.15) is 60.8 Å². The van der Waals surface area contributed by atoms with Crippen LogP contribution in [0.4, 0.5) is 5.13 Å². The van der Waals surface area contributed by atoms with Gasteiger partial charge in [-0.2, -0.15) is 0 Å². The lowest BCUT2D eigenvalue weighted by Crippen LogP contribution is -2.46. The third-order valence-electron chi connectivity index (χ3n) is 4.74. The molecule has 0 radical (unpaired) electrons. The number of ether oxygens (including phenoxy) is 1. The molecular weight excluding hydrogens is 284 g/mol. The molecule has 1 aromatic rings. The van der Waals surface area contributed by atoms with Gasteiger partial charge in [-0.1, -0.05) is 12.8 Å². The fourth-order valence-corrected chi connectivity index (χ4v) is 4.74. The molecule has 0 bridgehead atoms. The van der Waals surface area contributed by atoms with E-state index in [0.717, 1.165) is 22.5 Å². The first-order chi connectivity index (χ1) is 10.2. The summed E-state index contributed by atoms with van der Waals surface area (Å²) in [7, 11) is 0. The molecule has 2 heterocycles. The minimum Gasteiger partial charge on any atom is -0.461 e. The Labute approximate surface area is 130 Å². The summed E-state index contributed by atoms with van der Waals surface area (Å²) in [5.41, 5.74) is 0.509. The summed E-state index contributed by atoms with van der Waals surface area (Å²) in [6, 6.07) is 0.632. The minimum atomic E-state index is -0.283. The van der Waals surface area contributed by atoms with Gasteiger partial charge in [0.25, 0.3) is 0 Å². The number of piperidine rings is 1. The van der Waals surface area contributed by atoms with Gasteiger partial charge >= 0.3 is 5.97 Å². The van der Waals surface area contributed by atoms with Crippen molar-refractivity contribution in [2.45, 2.75) is 58.4 Å². The lowest BCUT2D eigenvalue weighted by molar-refractivity contribution is 0.0519. The molecule has 1 aliphatic heterocycles. The summed E-state index contributed by atoms with van der Waals surface area (Å²) in [5.74, 6) is 0.539. The predicted octanol–water partition coefficient (Wildman–Crippen LogP) is 3.79. The zero-order valence-corrected chi connectivity index (χ0v) is 13.7. The minimum absolute atomic E-state index is 0.283. The molecule has 0 spiro atoms. The van der Waals surface area contributed by atoms with Crippen LogP contribution in [-0.2, 0) is 4.74 Å². The van der Waals surface area contributed by atoms with E-state index in [1.54, 1.807) is 11.3 Å². The van der Waals surface area contributed by atoms with Crippen molar-refractivity contribution >= 4 is 22.4 Å². The molecule has 0 aromatic carbocycles. The van der Waals surface area contributed by atoms with E-state index >= 15 is 0 Å². The molecule has 2 atom stereocenters. The number of rotatable bonds is 3. The maximum absolute atomic E-state index is 11.9. The van der Waals surface area contributed by atoms with Gasteiger partial charge in [0.1, 0.15) is 0 Å². The van der Waals surface area contributed by atoms with E-state index < -0.39 is 0 Å². The fraction of sp³-hybridized carbons (Fsp3) is 0.750. The standard InChI is InChI=1S/C16H24N2O2S/c1-3-20-15(19)14-11(2)21-16(17-14)18-10-6-8-12-7-4-5-9-13(12)18/h12-13H,3-10H2,1-2H3/t12-,13-/m1/s1. The van der Waals surface area contributed by atoms with E-state index in [1.807, 2.05) is 13.8 Å². The molecule has 1 aliphatic carbocycles. The van der Waals surface area contributed by atoms with Crippen molar-refractivity contribution in [2.24, 2.45) is 5.92 Å². The lowest BCUT2D eigenvalue weighted by Gasteiger charge is -2.44. The van der Waals surface area contributed by atoms with E-state index in [-0.39, 0.29) is 5.97 Å². The number of aryl methyl sites for hydroxylation is 1. The van der Waals surface area contributed by atoms with Crippen LogP contribution in [0.2, 0.25) is 0 Å². The first kappa shape index (κ1) is 14.8. The van der Waals surface area contributed by atoms with Crippen molar-refractivity contribution in [3.8, 4) is 0 Å². The molecule has 0 amide bonds. The number of hydrogen-bond acceptors (Lipinski definition) is 5. The lowest BCUT2D eigenvalue weighted by atomic mass is 9.78. The van der Waals surface area contributed by atoms with Crippen LogP contribution in [0, 0.1) is 12.8 Å². The normalized spacial score (nSPS) is 25.5. The summed E-state index contributed by atoms with van der Waals surface area (Å²) in [6.07, 6.45) is 7.94. The average molecular weight is 308 g/mol. The molecule has 2 fully saturated rings. The van der Waals surface area contributed by atoms with E-state index in [4.69, 9.17) is 4.74 Å². The number of esters is 1. The number of carbonyl (C=O) groups excluding carboxylic acids is 1. The van der Waals surface area contributed by atoms with Crippen molar-refractivity contribution in [1.29, 1.82) is 0 Å². The number of thiazole rings is 1. The molecule has 1 saturated carbocycles. The van der Waals surface area contributed by atoms with Gasteiger partial charge in [-0.3, -0.25) is 0 Å². The number of nitrogens with zero attached hydrogens (tertiary/aromatic N) is 2. The number of aromatic nitrogens is 1. The zero-order chi connectivity index (χ0) is 14.8. The molecule has 1 saturated heterocycles. The highest BCUT2D eigenvalue weighted by atomic mass is 32.1. The summed E-state index contributed by atoms with van der Waals surface area (Å²) in [5, 5.41) is 1.02. The molecule has 0 unspecified atom stereocenters. The first-order valence-corrected chi connectivity index (χ1v) is 8.93. The largest absolute Gasteiger partial charge is 0.461 e. The molecule has 21 heavy (non-hydrogen) atoms. The third kappa shape index (κ3) is 2.93. The van der Waals surface area contributed by atoms with Crippen LogP contribution < -0.4 is 4.90 Å².